The highest BCUT2D eigenvalue weighted by molar-refractivity contribution is 5.39. The fourth-order valence-corrected chi connectivity index (χ4v) is 3.79. The molecule has 1 fully saturated rings. The summed E-state index contributed by atoms with van der Waals surface area (Å²) in [5.41, 5.74) is 4.47. The lowest BCUT2D eigenvalue weighted by Gasteiger charge is -2.32. The smallest absolute Gasteiger partial charge is 0.0872 e. The quantitative estimate of drug-likeness (QED) is 0.594. The van der Waals surface area contributed by atoms with Gasteiger partial charge in [-0.1, -0.05) is 35.9 Å². The van der Waals surface area contributed by atoms with Crippen molar-refractivity contribution in [1.82, 2.24) is 0 Å². The van der Waals surface area contributed by atoms with Crippen molar-refractivity contribution < 1.29 is 4.74 Å². The van der Waals surface area contributed by atoms with Crippen LogP contribution in [0.4, 0.5) is 0 Å². The molecule has 1 aliphatic carbocycles. The van der Waals surface area contributed by atoms with Crippen LogP contribution in [0.3, 0.4) is 0 Å². The van der Waals surface area contributed by atoms with Gasteiger partial charge in [-0.3, -0.25) is 0 Å². The van der Waals surface area contributed by atoms with E-state index in [1.54, 1.807) is 5.57 Å². The van der Waals surface area contributed by atoms with Gasteiger partial charge in [0.05, 0.1) is 12.2 Å². The summed E-state index contributed by atoms with van der Waals surface area (Å²) in [5.74, 6) is 1.48. The van der Waals surface area contributed by atoms with E-state index in [0.29, 0.717) is 12.2 Å². The fraction of sp³-hybridized carbons (Fsp3) is 0.467. The van der Waals surface area contributed by atoms with Crippen molar-refractivity contribution in [2.24, 2.45) is 11.8 Å². The van der Waals surface area contributed by atoms with E-state index in [-0.39, 0.29) is 0 Å². The van der Waals surface area contributed by atoms with Gasteiger partial charge in [0.25, 0.3) is 0 Å². The Balaban J connectivity index is 1.81. The number of rotatable bonds is 0. The van der Waals surface area contributed by atoms with E-state index in [1.807, 2.05) is 0 Å². The third-order valence-electron chi connectivity index (χ3n) is 4.53. The molecular formula is C15H16O. The van der Waals surface area contributed by atoms with E-state index in [0.717, 1.165) is 11.8 Å². The third kappa shape index (κ3) is 0.997. The molecule has 4 rings (SSSR count). The first kappa shape index (κ1) is 9.00. The average molecular weight is 212 g/mol. The molecule has 0 unspecified atom stereocenters. The molecule has 1 saturated heterocycles. The fourth-order valence-electron chi connectivity index (χ4n) is 3.79. The molecule has 2 heterocycles. The number of fused-ring (bicyclic) bond motifs is 8. The predicted octanol–water partition coefficient (Wildman–Crippen LogP) is 3.79. The Morgan fingerprint density at radius 3 is 2.50 bits per heavy atom. The number of benzene rings is 1. The molecule has 0 radical (unpaired) electrons. The zero-order valence-electron chi connectivity index (χ0n) is 9.52. The second-order valence-corrected chi connectivity index (χ2v) is 5.42. The maximum Gasteiger partial charge on any atom is 0.0872 e. The molecule has 2 aliphatic heterocycles. The minimum atomic E-state index is 0.384. The third-order valence-corrected chi connectivity index (χ3v) is 4.53. The predicted molar refractivity (Wildman–Crippen MR) is 63.0 cm³/mol. The van der Waals surface area contributed by atoms with E-state index in [4.69, 9.17) is 4.74 Å². The van der Waals surface area contributed by atoms with E-state index in [9.17, 15) is 0 Å². The zero-order chi connectivity index (χ0) is 10.7. The summed E-state index contributed by atoms with van der Waals surface area (Å²) < 4.78 is 6.20. The van der Waals surface area contributed by atoms with Gasteiger partial charge in [0.2, 0.25) is 0 Å². The van der Waals surface area contributed by atoms with Crippen LogP contribution < -0.4 is 0 Å². The molecule has 0 saturated carbocycles. The molecule has 82 valence electrons. The zero-order valence-corrected chi connectivity index (χ0v) is 9.52. The standard InChI is InChI=1S/C15H16O/c1-9-6-7-12-13(8-9)15-11-5-3-2-4-10(11)14(12)16-15/h2-6,12-15H,7-8H2,1H3/t12-,13-,14+,15+/m1/s1. The average Bonchev–Trinajstić information content (AvgIpc) is 2.85. The molecule has 2 bridgehead atoms. The van der Waals surface area contributed by atoms with Gasteiger partial charge in [0.15, 0.2) is 0 Å². The van der Waals surface area contributed by atoms with Crippen molar-refractivity contribution in [3.63, 3.8) is 0 Å². The summed E-state index contributed by atoms with van der Waals surface area (Å²) in [6, 6.07) is 8.79. The Labute approximate surface area is 96.1 Å². The molecular weight excluding hydrogens is 196 g/mol. The summed E-state index contributed by atoms with van der Waals surface area (Å²) in [5, 5.41) is 0. The summed E-state index contributed by atoms with van der Waals surface area (Å²) in [4.78, 5) is 0. The molecule has 0 spiro atoms. The van der Waals surface area contributed by atoms with Gasteiger partial charge in [0.1, 0.15) is 0 Å². The van der Waals surface area contributed by atoms with Crippen molar-refractivity contribution in [2.45, 2.75) is 32.0 Å². The second kappa shape index (κ2) is 2.98. The Hall–Kier alpha value is -1.08. The van der Waals surface area contributed by atoms with E-state index >= 15 is 0 Å². The Bertz CT molecular complexity index is 474. The molecule has 16 heavy (non-hydrogen) atoms. The lowest BCUT2D eigenvalue weighted by Crippen LogP contribution is -2.24. The first-order valence-corrected chi connectivity index (χ1v) is 6.24. The van der Waals surface area contributed by atoms with Crippen LogP contribution in [0.2, 0.25) is 0 Å². The summed E-state index contributed by atoms with van der Waals surface area (Å²) in [7, 11) is 0. The van der Waals surface area contributed by atoms with Crippen molar-refractivity contribution in [1.29, 1.82) is 0 Å². The highest BCUT2D eigenvalue weighted by Gasteiger charge is 2.52. The van der Waals surface area contributed by atoms with E-state index in [2.05, 4.69) is 37.3 Å². The molecule has 4 atom stereocenters. The number of ether oxygens (including phenoxy) is 1. The van der Waals surface area contributed by atoms with Gasteiger partial charge in [-0.2, -0.15) is 0 Å². The summed E-state index contributed by atoms with van der Waals surface area (Å²) >= 11 is 0. The normalized spacial score (nSPS) is 39.2. The van der Waals surface area contributed by atoms with Gasteiger partial charge >= 0.3 is 0 Å². The molecule has 3 aliphatic rings. The van der Waals surface area contributed by atoms with Crippen LogP contribution in [0.1, 0.15) is 43.1 Å². The van der Waals surface area contributed by atoms with Crippen LogP contribution in [0.25, 0.3) is 0 Å². The van der Waals surface area contributed by atoms with Gasteiger partial charge in [0, 0.05) is 0 Å². The monoisotopic (exact) mass is 212 g/mol. The number of allylic oxidation sites excluding steroid dienone is 2. The van der Waals surface area contributed by atoms with Crippen LogP contribution in [0.5, 0.6) is 0 Å². The SMILES string of the molecule is CC1=CC[C@@H]2[C@@H](C1)[C@H]1O[C@H]2c2ccccc21. The topological polar surface area (TPSA) is 9.23 Å². The van der Waals surface area contributed by atoms with Gasteiger partial charge < -0.3 is 4.74 Å². The first-order valence-electron chi connectivity index (χ1n) is 6.24. The first-order chi connectivity index (χ1) is 7.84. The lowest BCUT2D eigenvalue weighted by atomic mass is 9.69. The van der Waals surface area contributed by atoms with Gasteiger partial charge in [-0.05, 0) is 42.7 Å². The molecule has 1 aromatic carbocycles. The Morgan fingerprint density at radius 2 is 1.75 bits per heavy atom. The molecule has 1 heteroatoms. The van der Waals surface area contributed by atoms with Crippen LogP contribution >= 0.6 is 0 Å². The van der Waals surface area contributed by atoms with Crippen LogP contribution in [0, 0.1) is 11.8 Å². The molecule has 0 N–H and O–H groups in total. The largest absolute Gasteiger partial charge is 0.365 e. The number of hydrogen-bond donors (Lipinski definition) is 0. The molecule has 1 nitrogen and oxygen atoms in total. The molecule has 0 amide bonds. The maximum absolute atomic E-state index is 6.20. The minimum absolute atomic E-state index is 0.384. The van der Waals surface area contributed by atoms with Crippen molar-refractivity contribution in [3.8, 4) is 0 Å². The van der Waals surface area contributed by atoms with Crippen molar-refractivity contribution >= 4 is 0 Å². The highest BCUT2D eigenvalue weighted by Crippen LogP contribution is 2.60. The van der Waals surface area contributed by atoms with Crippen LogP contribution in [-0.4, -0.2) is 0 Å². The minimum Gasteiger partial charge on any atom is -0.365 e. The summed E-state index contributed by atoms with van der Waals surface area (Å²) in [6.45, 7) is 2.26. The van der Waals surface area contributed by atoms with Gasteiger partial charge in [-0.15, -0.1) is 0 Å². The Kier molecular flexibility index (Phi) is 1.68. The van der Waals surface area contributed by atoms with E-state index in [1.165, 1.54) is 24.0 Å². The molecule has 0 aromatic heterocycles. The highest BCUT2D eigenvalue weighted by atomic mass is 16.5. The van der Waals surface area contributed by atoms with Crippen LogP contribution in [-0.2, 0) is 4.74 Å². The molecule has 1 aromatic rings. The maximum atomic E-state index is 6.20. The number of hydrogen-bond acceptors (Lipinski definition) is 1. The lowest BCUT2D eigenvalue weighted by molar-refractivity contribution is 0.0546. The summed E-state index contributed by atoms with van der Waals surface area (Å²) in [6.07, 6.45) is 5.63. The van der Waals surface area contributed by atoms with E-state index < -0.39 is 0 Å². The van der Waals surface area contributed by atoms with Crippen molar-refractivity contribution in [3.05, 3.63) is 47.0 Å². The van der Waals surface area contributed by atoms with Crippen molar-refractivity contribution in [2.75, 3.05) is 0 Å². The van der Waals surface area contributed by atoms with Crippen LogP contribution in [0.15, 0.2) is 35.9 Å². The Morgan fingerprint density at radius 1 is 1.06 bits per heavy atom. The second-order valence-electron chi connectivity index (χ2n) is 5.42. The van der Waals surface area contributed by atoms with Gasteiger partial charge in [-0.25, -0.2) is 0 Å².